The van der Waals surface area contributed by atoms with Gasteiger partial charge >= 0.3 is 0 Å². The van der Waals surface area contributed by atoms with Crippen LogP contribution in [0.5, 0.6) is 0 Å². The number of nitrogens with zero attached hydrogens (tertiary/aromatic N) is 3. The van der Waals surface area contributed by atoms with E-state index >= 15 is 0 Å². The van der Waals surface area contributed by atoms with E-state index in [0.717, 1.165) is 5.01 Å². The number of thiazole rings is 1. The maximum absolute atomic E-state index is 11.9. The number of amides is 1. The fourth-order valence-electron chi connectivity index (χ4n) is 1.77. The summed E-state index contributed by atoms with van der Waals surface area (Å²) in [5.74, 6) is 0.391. The predicted molar refractivity (Wildman–Crippen MR) is 108 cm³/mol. The average molecular weight is 460 g/mol. The Balaban J connectivity index is 0.00000288. The van der Waals surface area contributed by atoms with Crippen molar-refractivity contribution in [3.05, 3.63) is 40.6 Å². The van der Waals surface area contributed by atoms with Crippen LogP contribution >= 0.6 is 35.3 Å². The van der Waals surface area contributed by atoms with Crippen LogP contribution in [0.2, 0.25) is 0 Å². The second-order valence-corrected chi connectivity index (χ2v) is 6.02. The molecule has 0 radical (unpaired) electrons. The van der Waals surface area contributed by atoms with E-state index in [4.69, 9.17) is 0 Å². The fraction of sp³-hybridized carbons (Fsp3) is 0.333. The van der Waals surface area contributed by atoms with Gasteiger partial charge < -0.3 is 16.0 Å². The first-order valence-electron chi connectivity index (χ1n) is 7.30. The Morgan fingerprint density at radius 1 is 1.33 bits per heavy atom. The van der Waals surface area contributed by atoms with Gasteiger partial charge in [-0.3, -0.25) is 9.78 Å². The molecule has 7 nitrogen and oxygen atoms in total. The molecule has 0 aliphatic heterocycles. The Bertz CT molecular complexity index is 661. The Morgan fingerprint density at radius 3 is 2.79 bits per heavy atom. The highest BCUT2D eigenvalue weighted by molar-refractivity contribution is 14.0. The largest absolute Gasteiger partial charge is 0.357 e. The first kappa shape index (κ1) is 20.3. The zero-order valence-electron chi connectivity index (χ0n) is 13.6. The lowest BCUT2D eigenvalue weighted by Gasteiger charge is -2.10. The molecule has 1 amide bonds. The summed E-state index contributed by atoms with van der Waals surface area (Å²) in [5, 5.41) is 9.99. The van der Waals surface area contributed by atoms with E-state index in [1.807, 2.05) is 20.0 Å². The van der Waals surface area contributed by atoms with Crippen molar-refractivity contribution >= 4 is 52.9 Å². The summed E-state index contributed by atoms with van der Waals surface area (Å²) in [6, 6.07) is 3.55. The van der Waals surface area contributed by atoms with Gasteiger partial charge in [0.25, 0.3) is 0 Å². The van der Waals surface area contributed by atoms with Crippen molar-refractivity contribution in [1.82, 2.24) is 20.6 Å². The lowest BCUT2D eigenvalue weighted by molar-refractivity contribution is -0.114. The molecule has 0 aromatic carbocycles. The quantitative estimate of drug-likeness (QED) is 0.349. The molecular formula is C15H21IN6OS. The smallest absolute Gasteiger partial charge is 0.246 e. The number of halogens is 1. The first-order valence-corrected chi connectivity index (χ1v) is 8.12. The van der Waals surface area contributed by atoms with Gasteiger partial charge in [-0.1, -0.05) is 0 Å². The number of rotatable bonds is 6. The third-order valence-electron chi connectivity index (χ3n) is 2.75. The molecule has 0 spiro atoms. The van der Waals surface area contributed by atoms with E-state index in [9.17, 15) is 4.79 Å². The summed E-state index contributed by atoms with van der Waals surface area (Å²) in [6.07, 6.45) is 5.09. The van der Waals surface area contributed by atoms with Gasteiger partial charge in [0.05, 0.1) is 18.4 Å². The van der Waals surface area contributed by atoms with E-state index in [1.165, 1.54) is 4.88 Å². The van der Waals surface area contributed by atoms with Crippen LogP contribution in [0.4, 0.5) is 5.69 Å². The second-order valence-electron chi connectivity index (χ2n) is 4.70. The van der Waals surface area contributed by atoms with Gasteiger partial charge in [0.1, 0.15) is 11.6 Å². The van der Waals surface area contributed by atoms with Gasteiger partial charge in [0.15, 0.2) is 5.96 Å². The van der Waals surface area contributed by atoms with Crippen molar-refractivity contribution in [2.75, 3.05) is 18.4 Å². The first-order chi connectivity index (χ1) is 11.2. The number of hydrogen-bond donors (Lipinski definition) is 3. The zero-order chi connectivity index (χ0) is 16.5. The molecule has 2 heterocycles. The molecule has 0 bridgehead atoms. The molecule has 9 heteroatoms. The van der Waals surface area contributed by atoms with Gasteiger partial charge in [0, 0.05) is 23.8 Å². The highest BCUT2D eigenvalue weighted by Crippen LogP contribution is 2.10. The summed E-state index contributed by atoms with van der Waals surface area (Å²) in [7, 11) is 0. The standard InChI is InChI=1S/C15H20N6OS.HI/c1-3-17-15(20-10-14-18-7-11(2)23-14)19-9-13(22)21-12-5-4-6-16-8-12;/h4-8H,3,9-10H2,1-2H3,(H,21,22)(H2,17,19,20);1H. The van der Waals surface area contributed by atoms with E-state index < -0.39 is 0 Å². The molecule has 0 aliphatic rings. The molecule has 0 saturated heterocycles. The Labute approximate surface area is 162 Å². The summed E-state index contributed by atoms with van der Waals surface area (Å²) < 4.78 is 0. The van der Waals surface area contributed by atoms with Gasteiger partial charge in [-0.15, -0.1) is 35.3 Å². The lowest BCUT2D eigenvalue weighted by Crippen LogP contribution is -2.37. The molecule has 24 heavy (non-hydrogen) atoms. The van der Waals surface area contributed by atoms with Gasteiger partial charge in [-0.25, -0.2) is 9.98 Å². The van der Waals surface area contributed by atoms with Crippen molar-refractivity contribution in [1.29, 1.82) is 0 Å². The van der Waals surface area contributed by atoms with Crippen molar-refractivity contribution in [3.63, 3.8) is 0 Å². The van der Waals surface area contributed by atoms with Gasteiger partial charge in [0.2, 0.25) is 5.91 Å². The minimum absolute atomic E-state index is 0. The normalized spacial score (nSPS) is 10.7. The Kier molecular flexibility index (Phi) is 9.23. The molecule has 130 valence electrons. The summed E-state index contributed by atoms with van der Waals surface area (Å²) in [6.45, 7) is 5.31. The molecule has 2 aromatic rings. The number of nitrogens with one attached hydrogen (secondary N) is 3. The number of aromatic nitrogens is 2. The maximum atomic E-state index is 11.9. The summed E-state index contributed by atoms with van der Waals surface area (Å²) >= 11 is 1.63. The van der Waals surface area contributed by atoms with Crippen molar-refractivity contribution < 1.29 is 4.79 Å². The molecule has 3 N–H and O–H groups in total. The Hall–Kier alpha value is -1.75. The number of aryl methyl sites for hydroxylation is 1. The Morgan fingerprint density at radius 2 is 2.17 bits per heavy atom. The van der Waals surface area contributed by atoms with Crippen molar-refractivity contribution in [3.8, 4) is 0 Å². The number of guanidine groups is 1. The molecule has 2 aromatic heterocycles. The third-order valence-corrected chi connectivity index (χ3v) is 3.66. The van der Waals surface area contributed by atoms with Crippen LogP contribution in [0.25, 0.3) is 0 Å². The molecule has 0 unspecified atom stereocenters. The molecule has 0 aliphatic carbocycles. The second kappa shape index (κ2) is 10.9. The van der Waals surface area contributed by atoms with Crippen LogP contribution in [-0.4, -0.2) is 34.9 Å². The van der Waals surface area contributed by atoms with E-state index in [1.54, 1.807) is 35.9 Å². The topological polar surface area (TPSA) is 91.3 Å². The van der Waals surface area contributed by atoms with Crippen LogP contribution in [-0.2, 0) is 11.3 Å². The van der Waals surface area contributed by atoms with Gasteiger partial charge in [-0.2, -0.15) is 0 Å². The van der Waals surface area contributed by atoms with Crippen molar-refractivity contribution in [2.24, 2.45) is 4.99 Å². The van der Waals surface area contributed by atoms with E-state index in [-0.39, 0.29) is 36.4 Å². The number of pyridine rings is 1. The minimum Gasteiger partial charge on any atom is -0.357 e. The molecule has 0 saturated carbocycles. The molecule has 0 fully saturated rings. The van der Waals surface area contributed by atoms with Crippen LogP contribution in [0.3, 0.4) is 0 Å². The highest BCUT2D eigenvalue weighted by Gasteiger charge is 2.04. The monoisotopic (exact) mass is 460 g/mol. The van der Waals surface area contributed by atoms with Crippen molar-refractivity contribution in [2.45, 2.75) is 20.4 Å². The average Bonchev–Trinajstić information content (AvgIpc) is 2.96. The third kappa shape index (κ3) is 7.21. The van der Waals surface area contributed by atoms with E-state index in [2.05, 4.69) is 30.9 Å². The zero-order valence-corrected chi connectivity index (χ0v) is 16.7. The summed E-state index contributed by atoms with van der Waals surface area (Å²) in [4.78, 5) is 25.6. The van der Waals surface area contributed by atoms with Gasteiger partial charge in [-0.05, 0) is 26.0 Å². The SMILES string of the molecule is CCNC(=NCC(=O)Nc1cccnc1)NCc1ncc(C)s1.I. The lowest BCUT2D eigenvalue weighted by atomic mass is 10.4. The number of carbonyl (C=O) groups is 1. The number of anilines is 1. The van der Waals surface area contributed by atoms with Crippen LogP contribution < -0.4 is 16.0 Å². The summed E-state index contributed by atoms with van der Waals surface area (Å²) in [5.41, 5.74) is 0.656. The predicted octanol–water partition coefficient (Wildman–Crippen LogP) is 2.16. The highest BCUT2D eigenvalue weighted by atomic mass is 127. The van der Waals surface area contributed by atoms with Crippen LogP contribution in [0.1, 0.15) is 16.8 Å². The molecule has 0 atom stereocenters. The minimum atomic E-state index is -0.194. The maximum Gasteiger partial charge on any atom is 0.246 e. The number of hydrogen-bond acceptors (Lipinski definition) is 5. The van der Waals surface area contributed by atoms with E-state index in [0.29, 0.717) is 24.7 Å². The molecular weight excluding hydrogens is 439 g/mol. The van der Waals surface area contributed by atoms with Crippen LogP contribution in [0, 0.1) is 6.92 Å². The fourth-order valence-corrected chi connectivity index (χ4v) is 2.50. The van der Waals surface area contributed by atoms with Crippen LogP contribution in [0.15, 0.2) is 35.7 Å². The number of carbonyl (C=O) groups excluding carboxylic acids is 1. The molecule has 2 rings (SSSR count). The number of aliphatic imine (C=N–C) groups is 1.